The summed E-state index contributed by atoms with van der Waals surface area (Å²) in [4.78, 5) is 13.6. The van der Waals surface area contributed by atoms with E-state index in [1.165, 1.54) is 20.0 Å². The molecule has 0 aromatic carbocycles. The van der Waals surface area contributed by atoms with Gasteiger partial charge in [0.25, 0.3) is 0 Å². The summed E-state index contributed by atoms with van der Waals surface area (Å²) in [6.07, 6.45) is 2.53. The van der Waals surface area contributed by atoms with Crippen molar-refractivity contribution < 1.29 is 9.53 Å². The molecule has 0 aromatic rings. The maximum atomic E-state index is 11.2. The van der Waals surface area contributed by atoms with Crippen molar-refractivity contribution in [2.45, 2.75) is 24.9 Å². The fraction of sp³-hybridized carbons (Fsp3) is 0.889. The lowest BCUT2D eigenvalue weighted by atomic mass is 10.1. The number of fused-ring (bicyclic) bond motifs is 1. The molecular formula is C9H16N2O2. The number of nitrogens with one attached hydrogen (secondary N) is 1. The zero-order chi connectivity index (χ0) is 9.26. The molecule has 74 valence electrons. The standard InChI is InChI=1S/C9H16N2O2/c1-13-9(12)8-6-11-4-2-3-7(11)5-10-8/h7-8,10H,2-6H2,1H3. The van der Waals surface area contributed by atoms with E-state index in [9.17, 15) is 4.79 Å². The first-order chi connectivity index (χ1) is 6.31. The highest BCUT2D eigenvalue weighted by atomic mass is 16.5. The third-order valence-corrected chi connectivity index (χ3v) is 3.00. The van der Waals surface area contributed by atoms with Gasteiger partial charge in [-0.15, -0.1) is 0 Å². The Morgan fingerprint density at radius 3 is 3.23 bits per heavy atom. The number of carbonyl (C=O) groups excluding carboxylic acids is 1. The van der Waals surface area contributed by atoms with Crippen LogP contribution in [0.3, 0.4) is 0 Å². The summed E-state index contributed by atoms with van der Waals surface area (Å²) < 4.78 is 4.71. The van der Waals surface area contributed by atoms with Gasteiger partial charge in [0.05, 0.1) is 7.11 Å². The number of piperazine rings is 1. The van der Waals surface area contributed by atoms with E-state index in [-0.39, 0.29) is 12.0 Å². The van der Waals surface area contributed by atoms with Gasteiger partial charge >= 0.3 is 5.97 Å². The van der Waals surface area contributed by atoms with E-state index in [1.54, 1.807) is 0 Å². The molecule has 2 rings (SSSR count). The van der Waals surface area contributed by atoms with Crippen molar-refractivity contribution in [2.75, 3.05) is 26.7 Å². The summed E-state index contributed by atoms with van der Waals surface area (Å²) >= 11 is 0. The van der Waals surface area contributed by atoms with E-state index < -0.39 is 0 Å². The van der Waals surface area contributed by atoms with E-state index in [2.05, 4.69) is 10.2 Å². The van der Waals surface area contributed by atoms with E-state index >= 15 is 0 Å². The van der Waals surface area contributed by atoms with Crippen LogP contribution in [0.2, 0.25) is 0 Å². The van der Waals surface area contributed by atoms with Gasteiger partial charge in [0.15, 0.2) is 0 Å². The van der Waals surface area contributed by atoms with E-state index in [0.717, 1.165) is 19.6 Å². The first-order valence-electron chi connectivity index (χ1n) is 4.86. The first kappa shape index (κ1) is 8.97. The van der Waals surface area contributed by atoms with E-state index in [0.29, 0.717) is 6.04 Å². The molecule has 0 saturated carbocycles. The van der Waals surface area contributed by atoms with Crippen LogP contribution in [-0.2, 0) is 9.53 Å². The van der Waals surface area contributed by atoms with Crippen LogP contribution in [-0.4, -0.2) is 49.7 Å². The Kier molecular flexibility index (Phi) is 2.51. The second-order valence-electron chi connectivity index (χ2n) is 3.77. The highest BCUT2D eigenvalue weighted by molar-refractivity contribution is 5.76. The average molecular weight is 184 g/mol. The monoisotopic (exact) mass is 184 g/mol. The molecule has 4 nitrogen and oxygen atoms in total. The number of rotatable bonds is 1. The molecule has 0 radical (unpaired) electrons. The summed E-state index contributed by atoms with van der Waals surface area (Å²) in [6.45, 7) is 2.89. The number of nitrogens with zero attached hydrogens (tertiary/aromatic N) is 1. The Balaban J connectivity index is 1.93. The third kappa shape index (κ3) is 1.69. The van der Waals surface area contributed by atoms with Crippen molar-refractivity contribution in [3.05, 3.63) is 0 Å². The first-order valence-corrected chi connectivity index (χ1v) is 4.86. The number of methoxy groups -OCH3 is 1. The number of esters is 1. The van der Waals surface area contributed by atoms with Gasteiger partial charge in [0, 0.05) is 19.1 Å². The van der Waals surface area contributed by atoms with Crippen LogP contribution in [0.15, 0.2) is 0 Å². The zero-order valence-corrected chi connectivity index (χ0v) is 7.95. The van der Waals surface area contributed by atoms with Gasteiger partial charge in [-0.3, -0.25) is 9.69 Å². The normalized spacial score (nSPS) is 34.2. The van der Waals surface area contributed by atoms with Gasteiger partial charge in [0.1, 0.15) is 6.04 Å². The molecule has 2 fully saturated rings. The molecule has 0 bridgehead atoms. The second-order valence-corrected chi connectivity index (χ2v) is 3.77. The molecule has 0 spiro atoms. The summed E-state index contributed by atoms with van der Waals surface area (Å²) in [5.41, 5.74) is 0. The van der Waals surface area contributed by atoms with Crippen molar-refractivity contribution in [2.24, 2.45) is 0 Å². The highest BCUT2D eigenvalue weighted by Gasteiger charge is 2.34. The van der Waals surface area contributed by atoms with Gasteiger partial charge in [-0.2, -0.15) is 0 Å². The molecule has 0 aromatic heterocycles. The summed E-state index contributed by atoms with van der Waals surface area (Å²) in [5, 5.41) is 3.22. The number of hydrogen-bond acceptors (Lipinski definition) is 4. The fourth-order valence-electron chi connectivity index (χ4n) is 2.24. The average Bonchev–Trinajstić information content (AvgIpc) is 2.63. The Labute approximate surface area is 78.2 Å². The molecule has 13 heavy (non-hydrogen) atoms. The SMILES string of the molecule is COC(=O)C1CN2CCCC2CN1. The molecule has 2 atom stereocenters. The Morgan fingerprint density at radius 1 is 1.62 bits per heavy atom. The van der Waals surface area contributed by atoms with Crippen molar-refractivity contribution in [3.63, 3.8) is 0 Å². The van der Waals surface area contributed by atoms with Gasteiger partial charge in [-0.05, 0) is 19.4 Å². The molecule has 2 unspecified atom stereocenters. The number of ether oxygens (including phenoxy) is 1. The van der Waals surface area contributed by atoms with E-state index in [1.807, 2.05) is 0 Å². The maximum absolute atomic E-state index is 11.2. The van der Waals surface area contributed by atoms with E-state index in [4.69, 9.17) is 4.74 Å². The predicted octanol–water partition coefficient (Wildman–Crippen LogP) is -0.404. The lowest BCUT2D eigenvalue weighted by Gasteiger charge is -2.34. The van der Waals surface area contributed by atoms with Gasteiger partial charge in [0.2, 0.25) is 0 Å². The van der Waals surface area contributed by atoms with Gasteiger partial charge in [-0.1, -0.05) is 0 Å². The maximum Gasteiger partial charge on any atom is 0.324 e. The summed E-state index contributed by atoms with van der Waals surface area (Å²) in [6, 6.07) is 0.542. The van der Waals surface area contributed by atoms with Crippen LogP contribution < -0.4 is 5.32 Å². The molecule has 1 N–H and O–H groups in total. The molecule has 4 heteroatoms. The van der Waals surface area contributed by atoms with Gasteiger partial charge < -0.3 is 10.1 Å². The molecule has 0 amide bonds. The summed E-state index contributed by atoms with van der Waals surface area (Å²) in [7, 11) is 1.44. The minimum Gasteiger partial charge on any atom is -0.468 e. The summed E-state index contributed by atoms with van der Waals surface area (Å²) in [5.74, 6) is -0.134. The highest BCUT2D eigenvalue weighted by Crippen LogP contribution is 2.19. The van der Waals surface area contributed by atoms with Crippen molar-refractivity contribution in [1.82, 2.24) is 10.2 Å². The molecular weight excluding hydrogens is 168 g/mol. The van der Waals surface area contributed by atoms with Crippen LogP contribution in [0, 0.1) is 0 Å². The number of hydrogen-bond donors (Lipinski definition) is 1. The third-order valence-electron chi connectivity index (χ3n) is 3.00. The number of carbonyl (C=O) groups is 1. The Hall–Kier alpha value is -0.610. The Bertz CT molecular complexity index is 208. The smallest absolute Gasteiger partial charge is 0.324 e. The topological polar surface area (TPSA) is 41.6 Å². The van der Waals surface area contributed by atoms with Crippen molar-refractivity contribution in [1.29, 1.82) is 0 Å². The predicted molar refractivity (Wildman–Crippen MR) is 48.4 cm³/mol. The second kappa shape index (κ2) is 3.64. The van der Waals surface area contributed by atoms with Crippen LogP contribution in [0.4, 0.5) is 0 Å². The Morgan fingerprint density at radius 2 is 2.46 bits per heavy atom. The van der Waals surface area contributed by atoms with Crippen molar-refractivity contribution >= 4 is 5.97 Å². The minimum absolute atomic E-state index is 0.112. The molecule has 2 heterocycles. The zero-order valence-electron chi connectivity index (χ0n) is 7.95. The fourth-order valence-corrected chi connectivity index (χ4v) is 2.24. The quantitative estimate of drug-likeness (QED) is 0.563. The van der Waals surface area contributed by atoms with Crippen molar-refractivity contribution in [3.8, 4) is 0 Å². The molecule has 2 saturated heterocycles. The van der Waals surface area contributed by atoms with Crippen LogP contribution >= 0.6 is 0 Å². The lowest BCUT2D eigenvalue weighted by Crippen LogP contribution is -2.57. The largest absolute Gasteiger partial charge is 0.468 e. The van der Waals surface area contributed by atoms with Gasteiger partial charge in [-0.25, -0.2) is 0 Å². The van der Waals surface area contributed by atoms with Crippen LogP contribution in [0.5, 0.6) is 0 Å². The van der Waals surface area contributed by atoms with Crippen LogP contribution in [0.25, 0.3) is 0 Å². The molecule has 2 aliphatic heterocycles. The molecule has 2 aliphatic rings. The van der Waals surface area contributed by atoms with Crippen LogP contribution in [0.1, 0.15) is 12.8 Å². The minimum atomic E-state index is -0.134. The lowest BCUT2D eigenvalue weighted by molar-refractivity contribution is -0.144. The molecule has 0 aliphatic carbocycles.